The van der Waals surface area contributed by atoms with E-state index in [0.717, 1.165) is 12.8 Å². The molecule has 0 fully saturated rings. The predicted octanol–water partition coefficient (Wildman–Crippen LogP) is 1.71. The fraction of sp³-hybridized carbons (Fsp3) is 0.583. The average molecular weight is 305 g/mol. The summed E-state index contributed by atoms with van der Waals surface area (Å²) in [6.45, 7) is 0.852. The van der Waals surface area contributed by atoms with Crippen LogP contribution in [0.15, 0.2) is 17.2 Å². The number of fused-ring (bicyclic) bond motifs is 1. The Morgan fingerprint density at radius 1 is 1.37 bits per heavy atom. The molecule has 0 N–H and O–H groups in total. The van der Waals surface area contributed by atoms with Crippen molar-refractivity contribution < 1.29 is 13.2 Å². The van der Waals surface area contributed by atoms with Crippen LogP contribution in [-0.4, -0.2) is 42.5 Å². The molecule has 1 aromatic heterocycles. The molecule has 0 saturated heterocycles. The topological polar surface area (TPSA) is 59.4 Å². The van der Waals surface area contributed by atoms with Crippen LogP contribution < -0.4 is 0 Å². The Bertz CT molecular complexity index is 580. The maximum atomic E-state index is 12.3. The molecule has 0 amide bonds. The van der Waals surface area contributed by atoms with E-state index in [2.05, 4.69) is 0 Å². The number of nitrogens with zero attached hydrogens (tertiary/aromatic N) is 2. The first-order valence-corrected chi connectivity index (χ1v) is 8.20. The van der Waals surface area contributed by atoms with E-state index >= 15 is 0 Å². The zero-order valence-corrected chi connectivity index (χ0v) is 12.4. The molecular weight excluding hydrogens is 288 g/mol. The highest BCUT2D eigenvalue weighted by Crippen LogP contribution is 2.26. The molecule has 2 rings (SSSR count). The number of rotatable bonds is 4. The molecule has 0 saturated carbocycles. The molecule has 2 heterocycles. The van der Waals surface area contributed by atoms with Gasteiger partial charge < -0.3 is 4.57 Å². The van der Waals surface area contributed by atoms with Gasteiger partial charge in [-0.05, 0) is 18.9 Å². The Balaban J connectivity index is 2.40. The van der Waals surface area contributed by atoms with Crippen LogP contribution in [-0.2, 0) is 16.6 Å². The van der Waals surface area contributed by atoms with E-state index in [1.807, 2.05) is 0 Å². The standard InChI is InChI=1S/C12H17ClN2O3S/c1-14-8-4-10(16)12-11(19(14,17)18)5-9-15(12)7-3-2-6-13/h5,9H,2-4,6-8H2,1H3. The minimum absolute atomic E-state index is 0.112. The molecule has 0 atom stereocenters. The zero-order chi connectivity index (χ0) is 14.0. The summed E-state index contributed by atoms with van der Waals surface area (Å²) in [5.74, 6) is 0.456. The van der Waals surface area contributed by atoms with Crippen LogP contribution in [0, 0.1) is 0 Å². The van der Waals surface area contributed by atoms with Crippen LogP contribution in [0.5, 0.6) is 0 Å². The number of Topliss-reactive ketones (excluding diaryl/α,β-unsaturated/α-hetero) is 1. The SMILES string of the molecule is CN1CCC(=O)c2c(ccn2CCCCCl)S1(=O)=O. The van der Waals surface area contributed by atoms with Gasteiger partial charge in [-0.1, -0.05) is 0 Å². The van der Waals surface area contributed by atoms with Crippen LogP contribution in [0.2, 0.25) is 0 Å². The van der Waals surface area contributed by atoms with Crippen molar-refractivity contribution in [1.29, 1.82) is 0 Å². The van der Waals surface area contributed by atoms with Gasteiger partial charge in [-0.2, -0.15) is 0 Å². The van der Waals surface area contributed by atoms with E-state index in [1.54, 1.807) is 10.8 Å². The number of carbonyl (C=O) groups excluding carboxylic acids is 1. The number of aromatic nitrogens is 1. The van der Waals surface area contributed by atoms with Crippen molar-refractivity contribution in [2.75, 3.05) is 19.5 Å². The van der Waals surface area contributed by atoms with Gasteiger partial charge in [0.25, 0.3) is 0 Å². The summed E-state index contributed by atoms with van der Waals surface area (Å²) in [5, 5.41) is 0. The third kappa shape index (κ3) is 2.70. The van der Waals surface area contributed by atoms with Crippen LogP contribution in [0.4, 0.5) is 0 Å². The Morgan fingerprint density at radius 2 is 2.11 bits per heavy atom. The number of aryl methyl sites for hydroxylation is 1. The summed E-state index contributed by atoms with van der Waals surface area (Å²) in [6.07, 6.45) is 3.57. The number of halogens is 1. The lowest BCUT2D eigenvalue weighted by molar-refractivity contribution is 0.0968. The second-order valence-corrected chi connectivity index (χ2v) is 7.01. The Morgan fingerprint density at radius 3 is 2.79 bits per heavy atom. The Hall–Kier alpha value is -0.850. The number of ketones is 1. The summed E-state index contributed by atoms with van der Waals surface area (Å²) in [6, 6.07) is 1.52. The average Bonchev–Trinajstić information content (AvgIpc) is 2.77. The van der Waals surface area contributed by atoms with Gasteiger partial charge in [-0.3, -0.25) is 4.79 Å². The molecular formula is C12H17ClN2O3S. The van der Waals surface area contributed by atoms with Gasteiger partial charge in [0.15, 0.2) is 5.78 Å². The molecule has 1 aromatic rings. The molecule has 0 radical (unpaired) electrons. The smallest absolute Gasteiger partial charge is 0.245 e. The summed E-state index contributed by atoms with van der Waals surface area (Å²) < 4.78 is 27.5. The number of unbranched alkanes of at least 4 members (excludes halogenated alkanes) is 1. The quantitative estimate of drug-likeness (QED) is 0.628. The molecule has 1 aliphatic rings. The second kappa shape index (κ2) is 5.64. The first-order valence-electron chi connectivity index (χ1n) is 6.23. The van der Waals surface area contributed by atoms with Crippen LogP contribution in [0.3, 0.4) is 0 Å². The largest absolute Gasteiger partial charge is 0.344 e. The molecule has 5 nitrogen and oxygen atoms in total. The van der Waals surface area contributed by atoms with Crippen LogP contribution in [0.1, 0.15) is 29.8 Å². The van der Waals surface area contributed by atoms with Crippen molar-refractivity contribution in [3.05, 3.63) is 18.0 Å². The van der Waals surface area contributed by atoms with Crippen molar-refractivity contribution in [2.45, 2.75) is 30.7 Å². The summed E-state index contributed by atoms with van der Waals surface area (Å²) in [5.41, 5.74) is 0.318. The van der Waals surface area contributed by atoms with E-state index in [-0.39, 0.29) is 23.6 Å². The molecule has 19 heavy (non-hydrogen) atoms. The van der Waals surface area contributed by atoms with Crippen molar-refractivity contribution in [3.63, 3.8) is 0 Å². The van der Waals surface area contributed by atoms with Gasteiger partial charge in [0.05, 0.1) is 0 Å². The summed E-state index contributed by atoms with van der Waals surface area (Å²) in [4.78, 5) is 12.2. The highest BCUT2D eigenvalue weighted by molar-refractivity contribution is 7.89. The first-order chi connectivity index (χ1) is 8.98. The third-order valence-corrected chi connectivity index (χ3v) is 5.47. The zero-order valence-electron chi connectivity index (χ0n) is 10.8. The van der Waals surface area contributed by atoms with E-state index in [4.69, 9.17) is 11.6 Å². The summed E-state index contributed by atoms with van der Waals surface area (Å²) in [7, 11) is -2.03. The first kappa shape index (κ1) is 14.6. The van der Waals surface area contributed by atoms with Gasteiger partial charge in [-0.15, -0.1) is 11.6 Å². The minimum atomic E-state index is -3.53. The number of hydrogen-bond acceptors (Lipinski definition) is 3. The lowest BCUT2D eigenvalue weighted by Gasteiger charge is -2.12. The lowest BCUT2D eigenvalue weighted by atomic mass is 10.2. The molecule has 0 bridgehead atoms. The number of carbonyl (C=O) groups is 1. The molecule has 0 aliphatic carbocycles. The number of alkyl halides is 1. The minimum Gasteiger partial charge on any atom is -0.344 e. The fourth-order valence-corrected chi connectivity index (χ4v) is 3.75. The third-order valence-electron chi connectivity index (χ3n) is 3.32. The van der Waals surface area contributed by atoms with E-state index in [1.165, 1.54) is 17.4 Å². The second-order valence-electron chi connectivity index (χ2n) is 4.62. The number of sulfonamides is 1. The van der Waals surface area contributed by atoms with Crippen molar-refractivity contribution in [1.82, 2.24) is 8.87 Å². The molecule has 1 aliphatic heterocycles. The number of hydrogen-bond donors (Lipinski definition) is 0. The Kier molecular flexibility index (Phi) is 4.32. The monoisotopic (exact) mass is 304 g/mol. The van der Waals surface area contributed by atoms with Gasteiger partial charge in [-0.25, -0.2) is 12.7 Å². The van der Waals surface area contributed by atoms with Crippen LogP contribution >= 0.6 is 11.6 Å². The predicted molar refractivity (Wildman–Crippen MR) is 73.1 cm³/mol. The highest BCUT2D eigenvalue weighted by Gasteiger charge is 2.33. The van der Waals surface area contributed by atoms with Gasteiger partial charge >= 0.3 is 0 Å². The molecule has 7 heteroatoms. The van der Waals surface area contributed by atoms with E-state index in [0.29, 0.717) is 18.1 Å². The van der Waals surface area contributed by atoms with E-state index in [9.17, 15) is 13.2 Å². The van der Waals surface area contributed by atoms with E-state index < -0.39 is 10.0 Å². The molecule has 0 aromatic carbocycles. The lowest BCUT2D eigenvalue weighted by Crippen LogP contribution is -2.26. The van der Waals surface area contributed by atoms with Crippen LogP contribution in [0.25, 0.3) is 0 Å². The maximum absolute atomic E-state index is 12.3. The van der Waals surface area contributed by atoms with Crippen molar-refractivity contribution in [2.24, 2.45) is 0 Å². The molecule has 0 unspecified atom stereocenters. The normalized spacial score (nSPS) is 19.2. The van der Waals surface area contributed by atoms with Crippen molar-refractivity contribution in [3.8, 4) is 0 Å². The molecule has 0 spiro atoms. The highest BCUT2D eigenvalue weighted by atomic mass is 35.5. The molecule has 106 valence electrons. The Labute approximate surface area is 118 Å². The van der Waals surface area contributed by atoms with Gasteiger partial charge in [0, 0.05) is 38.6 Å². The van der Waals surface area contributed by atoms with Crippen molar-refractivity contribution >= 4 is 27.4 Å². The van der Waals surface area contributed by atoms with Gasteiger partial charge in [0.2, 0.25) is 10.0 Å². The maximum Gasteiger partial charge on any atom is 0.245 e. The van der Waals surface area contributed by atoms with Gasteiger partial charge in [0.1, 0.15) is 10.6 Å². The fourth-order valence-electron chi connectivity index (χ4n) is 2.19. The summed E-state index contributed by atoms with van der Waals surface area (Å²) >= 11 is 5.63.